The lowest BCUT2D eigenvalue weighted by molar-refractivity contribution is 0.228. The Bertz CT molecular complexity index is 981. The van der Waals surface area contributed by atoms with Gasteiger partial charge in [0.15, 0.2) is 11.6 Å². The first-order valence-electron chi connectivity index (χ1n) is 7.77. The first kappa shape index (κ1) is 16.4. The Balaban J connectivity index is 2.05. The largest absolute Gasteiger partial charge is 0.330 e. The topological polar surface area (TPSA) is 41.4 Å². The van der Waals surface area contributed by atoms with E-state index >= 15 is 0 Å². The number of carbonyl (C=O) groups excluding carboxylic acids is 1. The molecule has 2 aromatic rings. The number of aromatic nitrogens is 2. The van der Waals surface area contributed by atoms with Gasteiger partial charge in [-0.1, -0.05) is 30.6 Å². The van der Waals surface area contributed by atoms with Gasteiger partial charge in [0.05, 0.1) is 12.2 Å². The van der Waals surface area contributed by atoms with Gasteiger partial charge in [0.25, 0.3) is 0 Å². The first-order chi connectivity index (χ1) is 11.9. The maximum atomic E-state index is 12.4. The summed E-state index contributed by atoms with van der Waals surface area (Å²) in [5.41, 5.74) is 3.34. The van der Waals surface area contributed by atoms with Crippen molar-refractivity contribution in [3.05, 3.63) is 53.5 Å². The highest BCUT2D eigenvalue weighted by molar-refractivity contribution is 6.02. The van der Waals surface area contributed by atoms with Gasteiger partial charge in [0, 0.05) is 19.7 Å². The number of benzene rings is 1. The summed E-state index contributed by atoms with van der Waals surface area (Å²) in [5.74, 6) is 9.79. The summed E-state index contributed by atoms with van der Waals surface area (Å²) in [6.07, 6.45) is 5.37. The predicted molar refractivity (Wildman–Crippen MR) is 98.7 cm³/mol. The molecule has 0 atom stereocenters. The molecule has 0 aliphatic carbocycles. The number of nitrogens with zero attached hydrogens (tertiary/aromatic N) is 4. The van der Waals surface area contributed by atoms with E-state index in [9.17, 15) is 4.79 Å². The molecular formula is C20H18N4O. The molecule has 0 fully saturated rings. The van der Waals surface area contributed by atoms with Crippen LogP contribution in [0, 0.1) is 31.1 Å². The molecule has 0 radical (unpaired) electrons. The molecule has 124 valence electrons. The van der Waals surface area contributed by atoms with Gasteiger partial charge in [-0.25, -0.2) is 9.78 Å². The summed E-state index contributed by atoms with van der Waals surface area (Å²) in [6.45, 7) is 6.21. The zero-order chi connectivity index (χ0) is 18.1. The smallest absolute Gasteiger partial charge is 0.317 e. The van der Waals surface area contributed by atoms with Crippen molar-refractivity contribution in [1.82, 2.24) is 14.5 Å². The van der Waals surface area contributed by atoms with E-state index in [-0.39, 0.29) is 12.6 Å². The summed E-state index contributed by atoms with van der Waals surface area (Å²) in [5, 5.41) is 0. The molecule has 0 bridgehead atoms. The van der Waals surface area contributed by atoms with E-state index < -0.39 is 0 Å². The summed E-state index contributed by atoms with van der Waals surface area (Å²) in [6, 6.07) is 7.71. The Hall–Kier alpha value is -3.44. The van der Waals surface area contributed by atoms with Crippen molar-refractivity contribution in [3.8, 4) is 24.2 Å². The molecule has 0 spiro atoms. The predicted octanol–water partition coefficient (Wildman–Crippen LogP) is 2.60. The molecule has 5 heteroatoms. The highest BCUT2D eigenvalue weighted by Crippen LogP contribution is 2.33. The van der Waals surface area contributed by atoms with Crippen LogP contribution in [-0.2, 0) is 7.05 Å². The van der Waals surface area contributed by atoms with Gasteiger partial charge in [0.2, 0.25) is 0 Å². The fourth-order valence-electron chi connectivity index (χ4n) is 2.77. The number of imidazole rings is 1. The molecule has 25 heavy (non-hydrogen) atoms. The quantitative estimate of drug-likeness (QED) is 0.754. The van der Waals surface area contributed by atoms with Crippen molar-refractivity contribution in [2.24, 2.45) is 7.05 Å². The Morgan fingerprint density at radius 2 is 2.04 bits per heavy atom. The number of terminal acetylenes is 1. The number of urea groups is 1. The van der Waals surface area contributed by atoms with Crippen molar-refractivity contribution in [2.45, 2.75) is 6.92 Å². The average molecular weight is 330 g/mol. The third kappa shape index (κ3) is 2.77. The van der Waals surface area contributed by atoms with Crippen LogP contribution in [0.1, 0.15) is 22.6 Å². The highest BCUT2D eigenvalue weighted by atomic mass is 16.2. The molecule has 1 aromatic carbocycles. The molecule has 2 amide bonds. The van der Waals surface area contributed by atoms with E-state index in [0.29, 0.717) is 17.3 Å². The number of hydrogen-bond donors (Lipinski definition) is 0. The average Bonchev–Trinajstić information content (AvgIpc) is 2.92. The zero-order valence-corrected chi connectivity index (χ0v) is 14.5. The fourth-order valence-corrected chi connectivity index (χ4v) is 2.77. The van der Waals surface area contributed by atoms with Gasteiger partial charge >= 0.3 is 6.03 Å². The normalized spacial score (nSPS) is 13.2. The number of amides is 2. The minimum absolute atomic E-state index is 0.164. The van der Waals surface area contributed by atoms with E-state index in [2.05, 4.69) is 29.3 Å². The second kappa shape index (κ2) is 6.22. The number of rotatable bonds is 1. The molecular weight excluding hydrogens is 312 g/mol. The number of anilines is 1. The molecule has 0 saturated carbocycles. The van der Waals surface area contributed by atoms with Crippen LogP contribution in [-0.4, -0.2) is 34.1 Å². The lowest BCUT2D eigenvalue weighted by atomic mass is 10.1. The third-order valence-electron chi connectivity index (χ3n) is 4.10. The maximum absolute atomic E-state index is 12.4. The number of aryl methyl sites for hydroxylation is 1. The number of hydrogen-bond acceptors (Lipinski definition) is 2. The molecule has 0 unspecified atom stereocenters. The molecule has 1 aliphatic rings. The molecule has 3 rings (SSSR count). The van der Waals surface area contributed by atoms with Crippen LogP contribution in [0.2, 0.25) is 0 Å². The van der Waals surface area contributed by atoms with Crippen molar-refractivity contribution in [2.75, 3.05) is 18.5 Å². The number of carbonyl (C=O) groups is 1. The van der Waals surface area contributed by atoms with Crippen LogP contribution in [0.5, 0.6) is 0 Å². The molecule has 1 aromatic heterocycles. The Labute approximate surface area is 147 Å². The van der Waals surface area contributed by atoms with E-state index in [1.54, 1.807) is 7.05 Å². The van der Waals surface area contributed by atoms with Gasteiger partial charge in [-0.05, 0) is 30.5 Å². The van der Waals surface area contributed by atoms with Gasteiger partial charge in [-0.15, -0.1) is 6.42 Å². The van der Waals surface area contributed by atoms with Gasteiger partial charge in [-0.3, -0.25) is 9.80 Å². The highest BCUT2D eigenvalue weighted by Gasteiger charge is 2.34. The monoisotopic (exact) mass is 330 g/mol. The van der Waals surface area contributed by atoms with Crippen molar-refractivity contribution in [1.29, 1.82) is 0 Å². The minimum atomic E-state index is -0.244. The third-order valence-corrected chi connectivity index (χ3v) is 4.10. The lowest BCUT2D eigenvalue weighted by Crippen LogP contribution is -2.44. The summed E-state index contributed by atoms with van der Waals surface area (Å²) < 4.78 is 1.84. The van der Waals surface area contributed by atoms with Crippen molar-refractivity contribution in [3.63, 3.8) is 0 Å². The van der Waals surface area contributed by atoms with Crippen LogP contribution in [0.4, 0.5) is 10.6 Å². The van der Waals surface area contributed by atoms with E-state index in [1.165, 1.54) is 9.80 Å². The Kier molecular flexibility index (Phi) is 4.09. The van der Waals surface area contributed by atoms with Crippen LogP contribution in [0.3, 0.4) is 0 Å². The molecule has 0 saturated heterocycles. The molecule has 2 heterocycles. The maximum Gasteiger partial charge on any atom is 0.330 e. The lowest BCUT2D eigenvalue weighted by Gasteiger charge is -2.32. The summed E-state index contributed by atoms with van der Waals surface area (Å²) >= 11 is 0. The van der Waals surface area contributed by atoms with Gasteiger partial charge in [-0.2, -0.15) is 0 Å². The summed E-state index contributed by atoms with van der Waals surface area (Å²) in [4.78, 5) is 19.9. The van der Waals surface area contributed by atoms with Crippen LogP contribution in [0.25, 0.3) is 5.70 Å². The Morgan fingerprint density at radius 3 is 2.72 bits per heavy atom. The summed E-state index contributed by atoms with van der Waals surface area (Å²) in [7, 11) is 3.52. The van der Waals surface area contributed by atoms with Crippen LogP contribution in [0.15, 0.2) is 30.8 Å². The number of fused-ring (bicyclic) bond motifs is 1. The molecule has 5 nitrogen and oxygen atoms in total. The molecule has 1 aliphatic heterocycles. The van der Waals surface area contributed by atoms with E-state index in [4.69, 9.17) is 6.42 Å². The van der Waals surface area contributed by atoms with Crippen molar-refractivity contribution < 1.29 is 4.79 Å². The molecule has 0 N–H and O–H groups in total. The fraction of sp³-hybridized carbons (Fsp3) is 0.200. The zero-order valence-electron chi connectivity index (χ0n) is 14.5. The van der Waals surface area contributed by atoms with Gasteiger partial charge in [0.1, 0.15) is 5.69 Å². The Morgan fingerprint density at radius 1 is 1.28 bits per heavy atom. The van der Waals surface area contributed by atoms with E-state index in [1.807, 2.05) is 42.8 Å². The van der Waals surface area contributed by atoms with Crippen molar-refractivity contribution >= 4 is 17.5 Å². The second-order valence-corrected chi connectivity index (χ2v) is 5.86. The van der Waals surface area contributed by atoms with Gasteiger partial charge < -0.3 is 4.57 Å². The first-order valence-corrected chi connectivity index (χ1v) is 7.77. The van der Waals surface area contributed by atoms with E-state index in [0.717, 1.165) is 16.8 Å². The second-order valence-electron chi connectivity index (χ2n) is 5.86. The standard InChI is InChI=1S/C20H18N4O/c1-6-12-24-15(3)18-19(23(5)20(24)25)21-17(22(18)4)11-10-16-9-7-8-14(2)13-16/h1,7-9,13H,3,12H2,2,4-5H3. The SMILES string of the molecule is C#CCN1C(=C)c2c(nc(C#Cc3cccc(C)c3)n2C)N(C)C1=O. The minimum Gasteiger partial charge on any atom is -0.317 e. The van der Waals surface area contributed by atoms with Crippen LogP contribution >= 0.6 is 0 Å². The van der Waals surface area contributed by atoms with Crippen LogP contribution < -0.4 is 4.90 Å².